The highest BCUT2D eigenvalue weighted by molar-refractivity contribution is 5.70. The van der Waals surface area contributed by atoms with E-state index < -0.39 is 35.3 Å². The van der Waals surface area contributed by atoms with Crippen LogP contribution < -0.4 is 5.73 Å². The molecule has 0 amide bonds. The second-order valence-electron chi connectivity index (χ2n) is 4.17. The molecule has 2 unspecified atom stereocenters. The highest BCUT2D eigenvalue weighted by Gasteiger charge is 2.23. The lowest BCUT2D eigenvalue weighted by atomic mass is 9.90. The number of hydrogen-bond acceptors (Lipinski definition) is 2. The van der Waals surface area contributed by atoms with Crippen molar-refractivity contribution in [1.82, 2.24) is 0 Å². The highest BCUT2D eigenvalue weighted by atomic mass is 19.2. The molecule has 0 spiro atoms. The largest absolute Gasteiger partial charge is 0.481 e. The van der Waals surface area contributed by atoms with Crippen molar-refractivity contribution in [2.75, 3.05) is 6.54 Å². The number of rotatable bonds is 5. The molecular formula is C12H14F3NO2. The Balaban J connectivity index is 2.94. The van der Waals surface area contributed by atoms with Crippen LogP contribution in [0.5, 0.6) is 0 Å². The molecule has 2 atom stereocenters. The lowest BCUT2D eigenvalue weighted by Crippen LogP contribution is -2.25. The maximum Gasteiger partial charge on any atom is 0.307 e. The predicted molar refractivity (Wildman–Crippen MR) is 59.5 cm³/mol. The van der Waals surface area contributed by atoms with E-state index in [-0.39, 0.29) is 18.5 Å². The zero-order valence-electron chi connectivity index (χ0n) is 9.79. The molecule has 0 saturated heterocycles. The molecule has 0 radical (unpaired) electrons. The summed E-state index contributed by atoms with van der Waals surface area (Å²) in [4.78, 5) is 10.8. The Morgan fingerprint density at radius 2 is 1.94 bits per heavy atom. The van der Waals surface area contributed by atoms with Gasteiger partial charge in [0.15, 0.2) is 17.5 Å². The predicted octanol–water partition coefficient (Wildman–Crippen LogP) is 2.26. The van der Waals surface area contributed by atoms with Gasteiger partial charge >= 0.3 is 5.97 Å². The van der Waals surface area contributed by atoms with E-state index in [2.05, 4.69) is 0 Å². The monoisotopic (exact) mass is 261 g/mol. The molecule has 18 heavy (non-hydrogen) atoms. The zero-order chi connectivity index (χ0) is 13.9. The molecule has 100 valence electrons. The van der Waals surface area contributed by atoms with Crippen molar-refractivity contribution in [2.45, 2.75) is 19.3 Å². The lowest BCUT2D eigenvalue weighted by Gasteiger charge is -2.17. The molecule has 0 heterocycles. The Kier molecular flexibility index (Phi) is 4.72. The Morgan fingerprint density at radius 1 is 1.33 bits per heavy atom. The van der Waals surface area contributed by atoms with Gasteiger partial charge in [0.25, 0.3) is 0 Å². The molecule has 0 aliphatic carbocycles. The normalized spacial score (nSPS) is 14.3. The third-order valence-corrected chi connectivity index (χ3v) is 2.87. The van der Waals surface area contributed by atoms with Gasteiger partial charge in [-0.1, -0.05) is 13.0 Å². The summed E-state index contributed by atoms with van der Waals surface area (Å²) in [5, 5.41) is 8.83. The van der Waals surface area contributed by atoms with Gasteiger partial charge in [-0.3, -0.25) is 4.79 Å². The van der Waals surface area contributed by atoms with Crippen molar-refractivity contribution in [1.29, 1.82) is 0 Å². The number of nitrogens with two attached hydrogens (primary N) is 1. The molecule has 1 aromatic rings. The maximum atomic E-state index is 13.5. The van der Waals surface area contributed by atoms with E-state index >= 15 is 0 Å². The van der Waals surface area contributed by atoms with Crippen molar-refractivity contribution < 1.29 is 23.1 Å². The van der Waals surface area contributed by atoms with Gasteiger partial charge < -0.3 is 10.8 Å². The van der Waals surface area contributed by atoms with Crippen LogP contribution in [0, 0.1) is 23.4 Å². The van der Waals surface area contributed by atoms with Crippen LogP contribution in [0.2, 0.25) is 0 Å². The van der Waals surface area contributed by atoms with Crippen LogP contribution in [0.25, 0.3) is 0 Å². The van der Waals surface area contributed by atoms with Gasteiger partial charge in [-0.05, 0) is 24.0 Å². The van der Waals surface area contributed by atoms with Crippen molar-refractivity contribution in [2.24, 2.45) is 11.7 Å². The molecule has 0 bridgehead atoms. The highest BCUT2D eigenvalue weighted by Crippen LogP contribution is 2.27. The van der Waals surface area contributed by atoms with E-state index in [0.29, 0.717) is 0 Å². The van der Waals surface area contributed by atoms with Gasteiger partial charge in [-0.25, -0.2) is 13.2 Å². The quantitative estimate of drug-likeness (QED) is 0.799. The topological polar surface area (TPSA) is 63.3 Å². The van der Waals surface area contributed by atoms with E-state index in [1.807, 2.05) is 0 Å². The van der Waals surface area contributed by atoms with Crippen LogP contribution in [-0.2, 0) is 4.79 Å². The summed E-state index contributed by atoms with van der Waals surface area (Å²) >= 11 is 0. The van der Waals surface area contributed by atoms with Gasteiger partial charge in [-0.15, -0.1) is 0 Å². The fraction of sp³-hybridized carbons (Fsp3) is 0.417. The van der Waals surface area contributed by atoms with Gasteiger partial charge in [0.05, 0.1) is 5.92 Å². The summed E-state index contributed by atoms with van der Waals surface area (Å²) in [6.07, 6.45) is 0.0633. The molecular weight excluding hydrogens is 247 g/mol. The van der Waals surface area contributed by atoms with Crippen LogP contribution in [0.15, 0.2) is 12.1 Å². The van der Waals surface area contributed by atoms with Crippen molar-refractivity contribution in [3.05, 3.63) is 35.1 Å². The van der Waals surface area contributed by atoms with E-state index in [0.717, 1.165) is 12.1 Å². The number of carboxylic acid groups (broad SMARTS) is 1. The van der Waals surface area contributed by atoms with Crippen LogP contribution in [0.4, 0.5) is 13.2 Å². The second kappa shape index (κ2) is 5.86. The molecule has 0 fully saturated rings. The second-order valence-corrected chi connectivity index (χ2v) is 4.17. The minimum Gasteiger partial charge on any atom is -0.481 e. The van der Waals surface area contributed by atoms with Crippen molar-refractivity contribution >= 4 is 5.97 Å². The van der Waals surface area contributed by atoms with E-state index in [1.165, 1.54) is 0 Å². The van der Waals surface area contributed by atoms with Crippen LogP contribution >= 0.6 is 0 Å². The molecule has 1 rings (SSSR count). The van der Waals surface area contributed by atoms with Crippen LogP contribution in [-0.4, -0.2) is 17.6 Å². The Hall–Kier alpha value is -1.56. The molecule has 0 aliphatic heterocycles. The summed E-state index contributed by atoms with van der Waals surface area (Å²) in [6, 6.07) is 1.94. The van der Waals surface area contributed by atoms with Crippen molar-refractivity contribution in [3.8, 4) is 0 Å². The summed E-state index contributed by atoms with van der Waals surface area (Å²) in [6.45, 7) is 1.45. The van der Waals surface area contributed by atoms with E-state index in [9.17, 15) is 18.0 Å². The molecule has 0 aromatic heterocycles. The molecule has 0 aliphatic rings. The summed E-state index contributed by atoms with van der Waals surface area (Å²) < 4.78 is 39.3. The van der Waals surface area contributed by atoms with E-state index in [4.69, 9.17) is 10.8 Å². The fourth-order valence-corrected chi connectivity index (χ4v) is 1.77. The first kappa shape index (κ1) is 14.5. The fourth-order valence-electron chi connectivity index (χ4n) is 1.77. The minimum absolute atomic E-state index is 0.0476. The standard InChI is InChI=1S/C12H14F3NO2/c1-6(4-7(5-16)12(17)18)8-2-3-9(13)11(15)10(8)14/h2-3,6-7H,4-5,16H2,1H3,(H,17,18). The Morgan fingerprint density at radius 3 is 2.44 bits per heavy atom. The molecule has 3 N–H and O–H groups in total. The Labute approximate surface area is 102 Å². The Bertz CT molecular complexity index is 451. The first-order chi connectivity index (χ1) is 8.38. The van der Waals surface area contributed by atoms with Gasteiger partial charge in [0.2, 0.25) is 0 Å². The SMILES string of the molecule is CC(CC(CN)C(=O)O)c1ccc(F)c(F)c1F. The number of aliphatic carboxylic acids is 1. The average Bonchev–Trinajstić information content (AvgIpc) is 2.32. The average molecular weight is 261 g/mol. The van der Waals surface area contributed by atoms with E-state index in [1.54, 1.807) is 6.92 Å². The lowest BCUT2D eigenvalue weighted by molar-refractivity contribution is -0.141. The van der Waals surface area contributed by atoms with Gasteiger partial charge in [0, 0.05) is 6.54 Å². The summed E-state index contributed by atoms with van der Waals surface area (Å²) in [7, 11) is 0. The number of carboxylic acids is 1. The maximum absolute atomic E-state index is 13.5. The first-order valence-corrected chi connectivity index (χ1v) is 5.44. The number of hydrogen-bond donors (Lipinski definition) is 2. The van der Waals surface area contributed by atoms with Crippen LogP contribution in [0.1, 0.15) is 24.8 Å². The number of carbonyl (C=O) groups is 1. The van der Waals surface area contributed by atoms with Crippen LogP contribution in [0.3, 0.4) is 0 Å². The zero-order valence-corrected chi connectivity index (χ0v) is 9.79. The molecule has 0 saturated carbocycles. The van der Waals surface area contributed by atoms with Gasteiger partial charge in [-0.2, -0.15) is 0 Å². The molecule has 3 nitrogen and oxygen atoms in total. The number of halogens is 3. The first-order valence-electron chi connectivity index (χ1n) is 5.44. The summed E-state index contributed by atoms with van der Waals surface area (Å²) in [5.41, 5.74) is 5.24. The smallest absolute Gasteiger partial charge is 0.307 e. The minimum atomic E-state index is -1.54. The molecule has 6 heteroatoms. The van der Waals surface area contributed by atoms with Crippen molar-refractivity contribution in [3.63, 3.8) is 0 Å². The summed E-state index contributed by atoms with van der Waals surface area (Å²) in [5.74, 6) is -6.58. The number of benzene rings is 1. The third-order valence-electron chi connectivity index (χ3n) is 2.87. The third kappa shape index (κ3) is 3.01. The van der Waals surface area contributed by atoms with Gasteiger partial charge in [0.1, 0.15) is 0 Å². The molecule has 1 aromatic carbocycles.